The highest BCUT2D eigenvalue weighted by molar-refractivity contribution is 6.31. The average Bonchev–Trinajstić information content (AvgIpc) is 2.77. The predicted octanol–water partition coefficient (Wildman–Crippen LogP) is 1.67. The number of hydrogen-bond acceptors (Lipinski definition) is 7. The number of imide groups is 2. The average molecular weight is 435 g/mol. The molecule has 2 saturated heterocycles. The minimum atomic E-state index is -0.897. The molecule has 2 aliphatic heterocycles. The van der Waals surface area contributed by atoms with E-state index in [4.69, 9.17) is 0 Å². The molecular formula is C22H21N5O5. The van der Waals surface area contributed by atoms with Gasteiger partial charge in [-0.3, -0.25) is 35.2 Å². The van der Waals surface area contributed by atoms with Crippen LogP contribution in [-0.4, -0.2) is 53.8 Å². The molecule has 2 aromatic carbocycles. The molecule has 4 amide bonds. The fraction of sp³-hybridized carbons (Fsp3) is 0.227. The van der Waals surface area contributed by atoms with Gasteiger partial charge in [0, 0.05) is 56.1 Å². The molecule has 10 nitrogen and oxygen atoms in total. The molecule has 2 N–H and O–H groups in total. The standard InChI is InChI=1S/C22H21N5O5/c28-20-18(21(29)24-22(30)23-20)13-16-12-17(27(31)32)6-7-19(16)26-10-8-25(9-11-26)14-15-4-2-1-3-5-15/h1-7,12-13H,8-11,14H2,(H2,23,24,28,29,30). The van der Waals surface area contributed by atoms with Crippen LogP contribution in [0.15, 0.2) is 54.1 Å². The Hall–Kier alpha value is -4.05. The van der Waals surface area contributed by atoms with Crippen molar-refractivity contribution in [1.82, 2.24) is 15.5 Å². The molecule has 164 valence electrons. The Bertz CT molecular complexity index is 1080. The van der Waals surface area contributed by atoms with E-state index >= 15 is 0 Å². The van der Waals surface area contributed by atoms with E-state index in [0.29, 0.717) is 24.3 Å². The van der Waals surface area contributed by atoms with E-state index in [0.717, 1.165) is 19.6 Å². The van der Waals surface area contributed by atoms with Crippen LogP contribution >= 0.6 is 0 Å². The molecule has 0 aliphatic carbocycles. The Balaban J connectivity index is 1.57. The third-order valence-corrected chi connectivity index (χ3v) is 5.43. The molecule has 0 aromatic heterocycles. The Morgan fingerprint density at radius 3 is 2.22 bits per heavy atom. The first-order chi connectivity index (χ1) is 15.4. The number of anilines is 1. The normalized spacial score (nSPS) is 17.1. The lowest BCUT2D eigenvalue weighted by atomic mass is 10.0. The molecule has 0 spiro atoms. The van der Waals surface area contributed by atoms with Crippen LogP contribution in [0.1, 0.15) is 11.1 Å². The first-order valence-corrected chi connectivity index (χ1v) is 10.1. The Morgan fingerprint density at radius 1 is 0.938 bits per heavy atom. The van der Waals surface area contributed by atoms with Gasteiger partial charge in [0.05, 0.1) is 4.92 Å². The summed E-state index contributed by atoms with van der Waals surface area (Å²) in [6.45, 7) is 3.77. The second-order valence-electron chi connectivity index (χ2n) is 7.54. The molecule has 2 aromatic rings. The molecule has 2 heterocycles. The summed E-state index contributed by atoms with van der Waals surface area (Å²) in [6, 6.07) is 13.6. The summed E-state index contributed by atoms with van der Waals surface area (Å²) in [7, 11) is 0. The lowest BCUT2D eigenvalue weighted by molar-refractivity contribution is -0.384. The van der Waals surface area contributed by atoms with Crippen molar-refractivity contribution < 1.29 is 19.3 Å². The molecule has 0 unspecified atom stereocenters. The van der Waals surface area contributed by atoms with Crippen molar-refractivity contribution in [2.24, 2.45) is 0 Å². The lowest BCUT2D eigenvalue weighted by Crippen LogP contribution is -2.51. The van der Waals surface area contributed by atoms with Crippen molar-refractivity contribution in [2.45, 2.75) is 6.54 Å². The molecule has 0 saturated carbocycles. The number of nitro benzene ring substituents is 1. The van der Waals surface area contributed by atoms with Gasteiger partial charge in [0.2, 0.25) is 0 Å². The minimum Gasteiger partial charge on any atom is -0.368 e. The zero-order valence-corrected chi connectivity index (χ0v) is 17.1. The topological polar surface area (TPSA) is 125 Å². The fourth-order valence-corrected chi connectivity index (χ4v) is 3.81. The van der Waals surface area contributed by atoms with Crippen LogP contribution in [0.4, 0.5) is 16.2 Å². The Labute approximate surface area is 183 Å². The van der Waals surface area contributed by atoms with Crippen molar-refractivity contribution in [3.63, 3.8) is 0 Å². The summed E-state index contributed by atoms with van der Waals surface area (Å²) in [5, 5.41) is 15.3. The first kappa shape index (κ1) is 21.2. The summed E-state index contributed by atoms with van der Waals surface area (Å²) in [5.74, 6) is -1.69. The van der Waals surface area contributed by atoms with E-state index < -0.39 is 22.8 Å². The van der Waals surface area contributed by atoms with Crippen LogP contribution in [0.3, 0.4) is 0 Å². The van der Waals surface area contributed by atoms with Crippen LogP contribution in [0, 0.1) is 10.1 Å². The highest BCUT2D eigenvalue weighted by Gasteiger charge is 2.29. The highest BCUT2D eigenvalue weighted by Crippen LogP contribution is 2.29. The Kier molecular flexibility index (Phi) is 5.95. The number of benzene rings is 2. The summed E-state index contributed by atoms with van der Waals surface area (Å²) >= 11 is 0. The van der Waals surface area contributed by atoms with Gasteiger partial charge in [-0.05, 0) is 17.7 Å². The summed E-state index contributed by atoms with van der Waals surface area (Å²) in [5.41, 5.74) is 1.83. The van der Waals surface area contributed by atoms with Gasteiger partial charge in [0.1, 0.15) is 5.57 Å². The van der Waals surface area contributed by atoms with E-state index in [2.05, 4.69) is 21.9 Å². The van der Waals surface area contributed by atoms with Gasteiger partial charge >= 0.3 is 6.03 Å². The highest BCUT2D eigenvalue weighted by atomic mass is 16.6. The number of urea groups is 1. The molecular weight excluding hydrogens is 414 g/mol. The SMILES string of the molecule is O=C1NC(=O)C(=Cc2cc([N+](=O)[O-])ccc2N2CCN(Cc3ccccc3)CC2)C(=O)N1. The third-order valence-electron chi connectivity index (χ3n) is 5.43. The van der Waals surface area contributed by atoms with Gasteiger partial charge in [0.25, 0.3) is 17.5 Å². The van der Waals surface area contributed by atoms with E-state index in [-0.39, 0.29) is 11.3 Å². The largest absolute Gasteiger partial charge is 0.368 e. The second-order valence-corrected chi connectivity index (χ2v) is 7.54. The maximum Gasteiger partial charge on any atom is 0.328 e. The number of nitro groups is 1. The number of rotatable bonds is 5. The number of carbonyl (C=O) groups is 3. The molecule has 0 bridgehead atoms. The monoisotopic (exact) mass is 435 g/mol. The molecule has 10 heteroatoms. The van der Waals surface area contributed by atoms with E-state index in [9.17, 15) is 24.5 Å². The van der Waals surface area contributed by atoms with Gasteiger partial charge in [-0.15, -0.1) is 0 Å². The zero-order valence-electron chi connectivity index (χ0n) is 17.1. The molecule has 0 radical (unpaired) electrons. The van der Waals surface area contributed by atoms with Gasteiger partial charge in [-0.25, -0.2) is 4.79 Å². The van der Waals surface area contributed by atoms with Gasteiger partial charge in [0.15, 0.2) is 0 Å². The van der Waals surface area contributed by atoms with Crippen LogP contribution in [-0.2, 0) is 16.1 Å². The zero-order chi connectivity index (χ0) is 22.7. The lowest BCUT2D eigenvalue weighted by Gasteiger charge is -2.36. The maximum atomic E-state index is 12.1. The van der Waals surface area contributed by atoms with Crippen LogP contribution in [0.2, 0.25) is 0 Å². The van der Waals surface area contributed by atoms with Crippen LogP contribution in [0.5, 0.6) is 0 Å². The second kappa shape index (κ2) is 8.98. The summed E-state index contributed by atoms with van der Waals surface area (Å²) in [6.07, 6.45) is 1.29. The Morgan fingerprint density at radius 2 is 1.59 bits per heavy atom. The molecule has 32 heavy (non-hydrogen) atoms. The van der Waals surface area contributed by atoms with E-state index in [1.54, 1.807) is 6.07 Å². The molecule has 2 aliphatic rings. The fourth-order valence-electron chi connectivity index (χ4n) is 3.81. The smallest absolute Gasteiger partial charge is 0.328 e. The van der Waals surface area contributed by atoms with E-state index in [1.165, 1.54) is 23.8 Å². The van der Waals surface area contributed by atoms with Crippen molar-refractivity contribution in [1.29, 1.82) is 0 Å². The van der Waals surface area contributed by atoms with E-state index in [1.807, 2.05) is 28.8 Å². The van der Waals surface area contributed by atoms with Crippen molar-refractivity contribution >= 4 is 35.3 Å². The quantitative estimate of drug-likeness (QED) is 0.317. The van der Waals surface area contributed by atoms with Gasteiger partial charge in [-0.1, -0.05) is 30.3 Å². The number of barbiturate groups is 1. The van der Waals surface area contributed by atoms with Crippen LogP contribution in [0.25, 0.3) is 6.08 Å². The molecule has 4 rings (SSSR count). The number of amides is 4. The number of non-ortho nitro benzene ring substituents is 1. The van der Waals surface area contributed by atoms with Gasteiger partial charge in [-0.2, -0.15) is 0 Å². The molecule has 0 atom stereocenters. The number of nitrogens with zero attached hydrogens (tertiary/aromatic N) is 3. The maximum absolute atomic E-state index is 12.1. The van der Waals surface area contributed by atoms with Crippen molar-refractivity contribution in [2.75, 3.05) is 31.1 Å². The summed E-state index contributed by atoms with van der Waals surface area (Å²) < 4.78 is 0. The van der Waals surface area contributed by atoms with Crippen LogP contribution < -0.4 is 15.5 Å². The third kappa shape index (κ3) is 4.65. The van der Waals surface area contributed by atoms with Gasteiger partial charge < -0.3 is 4.90 Å². The number of carbonyl (C=O) groups excluding carboxylic acids is 3. The number of piperazine rings is 1. The molecule has 2 fully saturated rings. The summed E-state index contributed by atoms with van der Waals surface area (Å²) in [4.78, 5) is 50.7. The minimum absolute atomic E-state index is 0.156. The first-order valence-electron chi connectivity index (χ1n) is 10.1. The number of hydrogen-bond donors (Lipinski definition) is 2. The van der Waals surface area contributed by atoms with Crippen molar-refractivity contribution in [3.05, 3.63) is 75.3 Å². The van der Waals surface area contributed by atoms with Crippen molar-refractivity contribution in [3.8, 4) is 0 Å². The predicted molar refractivity (Wildman–Crippen MR) is 117 cm³/mol. The number of nitrogens with one attached hydrogen (secondary N) is 2.